The average molecular weight is 167 g/mol. The monoisotopic (exact) mass is 166 g/mol. The van der Waals surface area contributed by atoms with Crippen molar-refractivity contribution in [3.05, 3.63) is 0 Å². The quantitative estimate of drug-likeness (QED) is 0.670. The fourth-order valence-electron chi connectivity index (χ4n) is 0.546. The van der Waals surface area contributed by atoms with E-state index in [1.807, 2.05) is 7.05 Å². The molecule has 0 heterocycles. The Morgan fingerprint density at radius 1 is 1.40 bits per heavy atom. The van der Waals surface area contributed by atoms with Crippen LogP contribution in [0.4, 0.5) is 0 Å². The second kappa shape index (κ2) is 7.32. The van der Waals surface area contributed by atoms with Crippen molar-refractivity contribution in [2.24, 2.45) is 0 Å². The summed E-state index contributed by atoms with van der Waals surface area (Å²) in [6.45, 7) is 6.62. The minimum absolute atomic E-state index is 0. The van der Waals surface area contributed by atoms with E-state index in [0.717, 1.165) is 13.1 Å². The number of likely N-dealkylation sites (N-methyl/N-ethyl adjacent to an activating group) is 2. The summed E-state index contributed by atoms with van der Waals surface area (Å²) < 4.78 is 0. The first kappa shape index (κ1) is 12.8. The second-order valence-corrected chi connectivity index (χ2v) is 2.68. The van der Waals surface area contributed by atoms with Crippen molar-refractivity contribution in [2.45, 2.75) is 19.9 Å². The van der Waals surface area contributed by atoms with Crippen molar-refractivity contribution < 1.29 is 0 Å². The van der Waals surface area contributed by atoms with Gasteiger partial charge in [-0.05, 0) is 27.9 Å². The van der Waals surface area contributed by atoms with Crippen LogP contribution in [0.5, 0.6) is 0 Å². The Morgan fingerprint density at radius 2 is 1.90 bits per heavy atom. The maximum atomic E-state index is 3.11. The van der Waals surface area contributed by atoms with Gasteiger partial charge in [0.15, 0.2) is 0 Å². The summed E-state index contributed by atoms with van der Waals surface area (Å²) in [7, 11) is 4.12. The van der Waals surface area contributed by atoms with Crippen LogP contribution >= 0.6 is 12.4 Å². The van der Waals surface area contributed by atoms with E-state index in [1.54, 1.807) is 0 Å². The van der Waals surface area contributed by atoms with Gasteiger partial charge in [0.1, 0.15) is 0 Å². The van der Waals surface area contributed by atoms with Crippen LogP contribution < -0.4 is 5.32 Å². The van der Waals surface area contributed by atoms with E-state index in [9.17, 15) is 0 Å². The Hall–Kier alpha value is 0.210. The zero-order chi connectivity index (χ0) is 7.28. The minimum atomic E-state index is 0. The molecule has 0 saturated carbocycles. The van der Waals surface area contributed by atoms with Crippen molar-refractivity contribution in [3.8, 4) is 0 Å². The van der Waals surface area contributed by atoms with Gasteiger partial charge in [-0.1, -0.05) is 0 Å². The van der Waals surface area contributed by atoms with Crippen LogP contribution in [0.3, 0.4) is 0 Å². The third kappa shape index (κ3) is 6.33. The largest absolute Gasteiger partial charge is 0.318 e. The fraction of sp³-hybridized carbons (Fsp3) is 1.00. The number of hydrogen-bond donors (Lipinski definition) is 1. The minimum Gasteiger partial charge on any atom is -0.318 e. The van der Waals surface area contributed by atoms with Gasteiger partial charge in [0.05, 0.1) is 0 Å². The van der Waals surface area contributed by atoms with Crippen LogP contribution in [-0.2, 0) is 0 Å². The maximum Gasteiger partial charge on any atom is 0.0106 e. The first-order chi connectivity index (χ1) is 4.18. The standard InChI is InChI=1S/C7H18N2.ClH/c1-7(2)9(4)6-5-8-3;/h7-8H,5-6H2,1-4H3;1H. The molecule has 0 aliphatic rings. The lowest BCUT2D eigenvalue weighted by Crippen LogP contribution is -2.32. The van der Waals surface area contributed by atoms with Crippen LogP contribution in [0.1, 0.15) is 13.8 Å². The Balaban J connectivity index is 0. The summed E-state index contributed by atoms with van der Waals surface area (Å²) in [5, 5.41) is 3.11. The Bertz CT molecular complexity index is 66.6. The molecule has 0 rings (SSSR count). The van der Waals surface area contributed by atoms with Crippen molar-refractivity contribution in [1.82, 2.24) is 10.2 Å². The van der Waals surface area contributed by atoms with E-state index in [2.05, 4.69) is 31.1 Å². The number of rotatable bonds is 4. The number of halogens is 1. The van der Waals surface area contributed by atoms with Crippen LogP contribution in [0.2, 0.25) is 0 Å². The normalized spacial score (nSPS) is 10.2. The number of hydrogen-bond acceptors (Lipinski definition) is 2. The van der Waals surface area contributed by atoms with Crippen molar-refractivity contribution >= 4 is 12.4 Å². The molecule has 0 radical (unpaired) electrons. The average Bonchev–Trinajstić information content (AvgIpc) is 1.82. The molecule has 0 spiro atoms. The molecule has 0 aromatic carbocycles. The number of nitrogens with one attached hydrogen (secondary N) is 1. The highest BCUT2D eigenvalue weighted by atomic mass is 35.5. The molecule has 1 N–H and O–H groups in total. The molecule has 0 atom stereocenters. The molecule has 0 aromatic heterocycles. The van der Waals surface area contributed by atoms with Gasteiger partial charge < -0.3 is 10.2 Å². The van der Waals surface area contributed by atoms with Crippen molar-refractivity contribution in [1.29, 1.82) is 0 Å². The number of nitrogens with zero attached hydrogens (tertiary/aromatic N) is 1. The van der Waals surface area contributed by atoms with Gasteiger partial charge in [0.25, 0.3) is 0 Å². The Labute approximate surface area is 70.4 Å². The van der Waals surface area contributed by atoms with Crippen LogP contribution in [0.15, 0.2) is 0 Å². The second-order valence-electron chi connectivity index (χ2n) is 2.68. The molecule has 0 aromatic rings. The van der Waals surface area contributed by atoms with Crippen LogP contribution in [0, 0.1) is 0 Å². The summed E-state index contributed by atoms with van der Waals surface area (Å²) in [4.78, 5) is 2.32. The molecule has 3 heteroatoms. The molecule has 0 aliphatic heterocycles. The molecule has 0 aliphatic carbocycles. The lowest BCUT2D eigenvalue weighted by Gasteiger charge is -2.20. The summed E-state index contributed by atoms with van der Waals surface area (Å²) in [5.41, 5.74) is 0. The molecule has 0 saturated heterocycles. The van der Waals surface area contributed by atoms with E-state index >= 15 is 0 Å². The lowest BCUT2D eigenvalue weighted by atomic mass is 10.3. The molecule has 0 fully saturated rings. The lowest BCUT2D eigenvalue weighted by molar-refractivity contribution is 0.276. The smallest absolute Gasteiger partial charge is 0.0106 e. The third-order valence-corrected chi connectivity index (χ3v) is 1.60. The first-order valence-corrected chi connectivity index (χ1v) is 3.53. The Kier molecular flexibility index (Phi) is 9.40. The highest BCUT2D eigenvalue weighted by Crippen LogP contribution is 1.89. The molecule has 2 nitrogen and oxygen atoms in total. The summed E-state index contributed by atoms with van der Waals surface area (Å²) >= 11 is 0. The van der Waals surface area contributed by atoms with E-state index < -0.39 is 0 Å². The van der Waals surface area contributed by atoms with Gasteiger partial charge in [-0.25, -0.2) is 0 Å². The summed E-state index contributed by atoms with van der Waals surface area (Å²) in [5.74, 6) is 0. The van der Waals surface area contributed by atoms with Gasteiger partial charge in [-0.3, -0.25) is 0 Å². The van der Waals surface area contributed by atoms with E-state index in [-0.39, 0.29) is 12.4 Å². The first-order valence-electron chi connectivity index (χ1n) is 3.53. The molecule has 0 amide bonds. The third-order valence-electron chi connectivity index (χ3n) is 1.60. The van der Waals surface area contributed by atoms with Gasteiger partial charge in [0.2, 0.25) is 0 Å². The topological polar surface area (TPSA) is 15.3 Å². The molecular weight excluding hydrogens is 148 g/mol. The van der Waals surface area contributed by atoms with Gasteiger partial charge >= 0.3 is 0 Å². The van der Waals surface area contributed by atoms with Gasteiger partial charge in [0, 0.05) is 19.1 Å². The molecule has 10 heavy (non-hydrogen) atoms. The maximum absolute atomic E-state index is 3.11. The zero-order valence-electron chi connectivity index (χ0n) is 7.35. The summed E-state index contributed by atoms with van der Waals surface area (Å²) in [6.07, 6.45) is 0. The molecule has 0 unspecified atom stereocenters. The van der Waals surface area contributed by atoms with Crippen LogP contribution in [0.25, 0.3) is 0 Å². The fourth-order valence-corrected chi connectivity index (χ4v) is 0.546. The molecule has 64 valence electrons. The predicted octanol–water partition coefficient (Wildman–Crippen LogP) is 0.968. The molecular formula is C7H19ClN2. The SMILES string of the molecule is CNCCN(C)C(C)C.Cl. The van der Waals surface area contributed by atoms with Crippen molar-refractivity contribution in [2.75, 3.05) is 27.2 Å². The molecule has 0 bridgehead atoms. The van der Waals surface area contributed by atoms with E-state index in [1.165, 1.54) is 0 Å². The zero-order valence-corrected chi connectivity index (χ0v) is 8.16. The van der Waals surface area contributed by atoms with Crippen LogP contribution in [-0.4, -0.2) is 38.1 Å². The summed E-state index contributed by atoms with van der Waals surface area (Å²) in [6, 6.07) is 0.665. The van der Waals surface area contributed by atoms with Crippen molar-refractivity contribution in [3.63, 3.8) is 0 Å². The Morgan fingerprint density at radius 3 is 2.20 bits per heavy atom. The van der Waals surface area contributed by atoms with Gasteiger partial charge in [-0.15, -0.1) is 12.4 Å². The highest BCUT2D eigenvalue weighted by Gasteiger charge is 1.99. The highest BCUT2D eigenvalue weighted by molar-refractivity contribution is 5.85. The van der Waals surface area contributed by atoms with Gasteiger partial charge in [-0.2, -0.15) is 0 Å². The van der Waals surface area contributed by atoms with E-state index in [0.29, 0.717) is 6.04 Å². The van der Waals surface area contributed by atoms with E-state index in [4.69, 9.17) is 0 Å². The predicted molar refractivity (Wildman–Crippen MR) is 48.9 cm³/mol.